The second kappa shape index (κ2) is 3.42. The van der Waals surface area contributed by atoms with Gasteiger partial charge in [-0.25, -0.2) is 0 Å². The molecule has 0 bridgehead atoms. The molecule has 0 amide bonds. The Morgan fingerprint density at radius 2 is 2.20 bits per heavy atom. The van der Waals surface area contributed by atoms with Gasteiger partial charge >= 0.3 is 0 Å². The molecule has 0 radical (unpaired) electrons. The summed E-state index contributed by atoms with van der Waals surface area (Å²) in [5.41, 5.74) is 1.26. The van der Waals surface area contributed by atoms with Crippen molar-refractivity contribution in [3.05, 3.63) is 41.4 Å². The van der Waals surface area contributed by atoms with E-state index in [1.54, 1.807) is 11.8 Å². The predicted octanol–water partition coefficient (Wildman–Crippen LogP) is 2.72. The van der Waals surface area contributed by atoms with E-state index in [2.05, 4.69) is 40.7 Å². The van der Waals surface area contributed by atoms with Crippen molar-refractivity contribution in [2.45, 2.75) is 11.3 Å². The Bertz CT molecular complexity index is 451. The summed E-state index contributed by atoms with van der Waals surface area (Å²) in [4.78, 5) is 8.12. The standard InChI is InChI=1S/C12H12N2S/c1-9-14-8-4-7-13-12(14)10-5-2-3-6-11(10)15-9/h2-3,5-6H,1,4,7-8H2. The summed E-state index contributed by atoms with van der Waals surface area (Å²) in [6.07, 6.45) is 1.13. The van der Waals surface area contributed by atoms with Crippen LogP contribution in [0.15, 0.2) is 45.8 Å². The summed E-state index contributed by atoms with van der Waals surface area (Å²) in [6, 6.07) is 8.42. The van der Waals surface area contributed by atoms with Crippen LogP contribution in [0, 0.1) is 0 Å². The molecule has 1 aromatic carbocycles. The van der Waals surface area contributed by atoms with Crippen LogP contribution >= 0.6 is 11.8 Å². The minimum atomic E-state index is 0.943. The van der Waals surface area contributed by atoms with Crippen molar-refractivity contribution in [3.8, 4) is 0 Å². The second-order valence-corrected chi connectivity index (χ2v) is 4.82. The first-order valence-electron chi connectivity index (χ1n) is 5.14. The lowest BCUT2D eigenvalue weighted by Gasteiger charge is -2.35. The summed E-state index contributed by atoms with van der Waals surface area (Å²) in [7, 11) is 0. The first-order chi connectivity index (χ1) is 7.36. The Morgan fingerprint density at radius 3 is 3.13 bits per heavy atom. The molecule has 0 saturated carbocycles. The fourth-order valence-electron chi connectivity index (χ4n) is 2.00. The molecule has 15 heavy (non-hydrogen) atoms. The largest absolute Gasteiger partial charge is 0.321 e. The van der Waals surface area contributed by atoms with Crippen molar-refractivity contribution in [1.82, 2.24) is 4.90 Å². The maximum atomic E-state index is 4.61. The molecule has 3 heteroatoms. The van der Waals surface area contributed by atoms with Crippen molar-refractivity contribution in [2.24, 2.45) is 4.99 Å². The molecule has 0 unspecified atom stereocenters. The molecular formula is C12H12N2S. The van der Waals surface area contributed by atoms with E-state index in [-0.39, 0.29) is 0 Å². The molecule has 2 aliphatic heterocycles. The number of aliphatic imine (C=N–C) groups is 1. The molecular weight excluding hydrogens is 204 g/mol. The third-order valence-electron chi connectivity index (χ3n) is 2.71. The Hall–Kier alpha value is -1.22. The van der Waals surface area contributed by atoms with E-state index < -0.39 is 0 Å². The van der Waals surface area contributed by atoms with E-state index in [0.717, 1.165) is 30.4 Å². The second-order valence-electron chi connectivity index (χ2n) is 3.70. The molecule has 0 N–H and O–H groups in total. The van der Waals surface area contributed by atoms with E-state index in [1.165, 1.54) is 10.5 Å². The van der Waals surface area contributed by atoms with Crippen molar-refractivity contribution in [2.75, 3.05) is 13.1 Å². The molecule has 2 nitrogen and oxygen atoms in total. The zero-order chi connectivity index (χ0) is 10.3. The van der Waals surface area contributed by atoms with Gasteiger partial charge in [0.2, 0.25) is 0 Å². The van der Waals surface area contributed by atoms with E-state index in [9.17, 15) is 0 Å². The molecule has 0 fully saturated rings. The fraction of sp³-hybridized carbons (Fsp3) is 0.250. The highest BCUT2D eigenvalue weighted by atomic mass is 32.2. The van der Waals surface area contributed by atoms with Gasteiger partial charge in [-0.15, -0.1) is 0 Å². The number of nitrogens with zero attached hydrogens (tertiary/aromatic N) is 2. The van der Waals surface area contributed by atoms with Gasteiger partial charge in [-0.05, 0) is 12.5 Å². The van der Waals surface area contributed by atoms with Crippen molar-refractivity contribution >= 4 is 17.6 Å². The first kappa shape index (κ1) is 9.04. The zero-order valence-electron chi connectivity index (χ0n) is 8.44. The summed E-state index contributed by atoms with van der Waals surface area (Å²) in [5, 5.41) is 1.10. The van der Waals surface area contributed by atoms with Gasteiger partial charge in [0.05, 0.1) is 5.03 Å². The third-order valence-corrected chi connectivity index (χ3v) is 3.75. The van der Waals surface area contributed by atoms with Gasteiger partial charge in [-0.1, -0.05) is 36.5 Å². The normalized spacial score (nSPS) is 19.3. The maximum absolute atomic E-state index is 4.61. The molecule has 0 saturated heterocycles. The van der Waals surface area contributed by atoms with Gasteiger partial charge in [0, 0.05) is 23.5 Å². The molecule has 0 aliphatic carbocycles. The Morgan fingerprint density at radius 1 is 1.33 bits per heavy atom. The summed E-state index contributed by atoms with van der Waals surface area (Å²) >= 11 is 1.75. The lowest BCUT2D eigenvalue weighted by atomic mass is 10.1. The van der Waals surface area contributed by atoms with Gasteiger partial charge in [-0.2, -0.15) is 0 Å². The highest BCUT2D eigenvalue weighted by molar-refractivity contribution is 8.03. The molecule has 2 aliphatic rings. The van der Waals surface area contributed by atoms with Crippen molar-refractivity contribution in [1.29, 1.82) is 0 Å². The number of hydrogen-bond donors (Lipinski definition) is 0. The van der Waals surface area contributed by atoms with Crippen LogP contribution in [0.5, 0.6) is 0 Å². The monoisotopic (exact) mass is 216 g/mol. The van der Waals surface area contributed by atoms with Gasteiger partial charge in [0.15, 0.2) is 0 Å². The van der Waals surface area contributed by atoms with Crippen molar-refractivity contribution < 1.29 is 0 Å². The van der Waals surface area contributed by atoms with E-state index in [1.807, 2.05) is 0 Å². The highest BCUT2D eigenvalue weighted by Gasteiger charge is 2.26. The van der Waals surface area contributed by atoms with Crippen LogP contribution < -0.4 is 0 Å². The Kier molecular flexibility index (Phi) is 2.06. The van der Waals surface area contributed by atoms with Gasteiger partial charge in [-0.3, -0.25) is 4.99 Å². The number of thioether (sulfide) groups is 1. The average Bonchev–Trinajstić information content (AvgIpc) is 2.30. The van der Waals surface area contributed by atoms with Gasteiger partial charge in [0.25, 0.3) is 0 Å². The smallest absolute Gasteiger partial charge is 0.136 e. The van der Waals surface area contributed by atoms with Crippen LogP contribution in [-0.2, 0) is 0 Å². The fourth-order valence-corrected chi connectivity index (χ4v) is 2.96. The third kappa shape index (κ3) is 1.38. The number of amidine groups is 1. The number of fused-ring (bicyclic) bond motifs is 3. The highest BCUT2D eigenvalue weighted by Crippen LogP contribution is 2.38. The minimum absolute atomic E-state index is 0.943. The zero-order valence-corrected chi connectivity index (χ0v) is 9.26. The number of benzene rings is 1. The van der Waals surface area contributed by atoms with Crippen LogP contribution in [0.25, 0.3) is 0 Å². The molecule has 0 spiro atoms. The summed E-state index contributed by atoms with van der Waals surface area (Å²) in [6.45, 7) is 6.10. The summed E-state index contributed by atoms with van der Waals surface area (Å²) < 4.78 is 0. The molecule has 3 rings (SSSR count). The lowest BCUT2D eigenvalue weighted by molar-refractivity contribution is 0.498. The molecule has 1 aromatic rings. The van der Waals surface area contributed by atoms with E-state index >= 15 is 0 Å². The SMILES string of the molecule is C=C1Sc2ccccc2C2=NCCCN12. The van der Waals surface area contributed by atoms with Crippen LogP contribution in [0.2, 0.25) is 0 Å². The van der Waals surface area contributed by atoms with E-state index in [0.29, 0.717) is 0 Å². The minimum Gasteiger partial charge on any atom is -0.321 e. The Balaban J connectivity index is 2.17. The van der Waals surface area contributed by atoms with Crippen LogP contribution in [0.3, 0.4) is 0 Å². The first-order valence-corrected chi connectivity index (χ1v) is 5.96. The lowest BCUT2D eigenvalue weighted by Crippen LogP contribution is -2.37. The van der Waals surface area contributed by atoms with E-state index in [4.69, 9.17) is 0 Å². The summed E-state index contributed by atoms with van der Waals surface area (Å²) in [5.74, 6) is 1.11. The molecule has 2 heterocycles. The topological polar surface area (TPSA) is 15.6 Å². The van der Waals surface area contributed by atoms with Gasteiger partial charge in [0.1, 0.15) is 5.84 Å². The van der Waals surface area contributed by atoms with Crippen molar-refractivity contribution in [3.63, 3.8) is 0 Å². The molecule has 0 atom stereocenters. The Labute approximate surface area is 93.7 Å². The average molecular weight is 216 g/mol. The number of rotatable bonds is 0. The molecule has 76 valence electrons. The van der Waals surface area contributed by atoms with Gasteiger partial charge < -0.3 is 4.90 Å². The maximum Gasteiger partial charge on any atom is 0.136 e. The van der Waals surface area contributed by atoms with Crippen LogP contribution in [0.1, 0.15) is 12.0 Å². The van der Waals surface area contributed by atoms with Crippen LogP contribution in [0.4, 0.5) is 0 Å². The number of hydrogen-bond acceptors (Lipinski definition) is 3. The molecule has 0 aromatic heterocycles. The van der Waals surface area contributed by atoms with Crippen LogP contribution in [-0.4, -0.2) is 23.8 Å². The predicted molar refractivity (Wildman–Crippen MR) is 64.2 cm³/mol. The quantitative estimate of drug-likeness (QED) is 0.662.